The van der Waals surface area contributed by atoms with Crippen molar-refractivity contribution in [1.82, 2.24) is 5.32 Å². The van der Waals surface area contributed by atoms with Gasteiger partial charge in [0.15, 0.2) is 0 Å². The van der Waals surface area contributed by atoms with E-state index < -0.39 is 0 Å². The summed E-state index contributed by atoms with van der Waals surface area (Å²) in [6.07, 6.45) is 8.18. The molecule has 0 unspecified atom stereocenters. The van der Waals surface area contributed by atoms with E-state index >= 15 is 0 Å². The number of hydrogen-bond donors (Lipinski definition) is 1. The fourth-order valence-electron chi connectivity index (χ4n) is 7.94. The lowest BCUT2D eigenvalue weighted by molar-refractivity contribution is -0.150. The molecule has 5 rings (SSSR count). The van der Waals surface area contributed by atoms with Crippen molar-refractivity contribution in [2.75, 3.05) is 7.11 Å². The van der Waals surface area contributed by atoms with Crippen molar-refractivity contribution in [2.24, 2.45) is 34.5 Å². The molecule has 1 aromatic carbocycles. The molecule has 5 heteroatoms. The van der Waals surface area contributed by atoms with Crippen molar-refractivity contribution in [1.29, 1.82) is 0 Å². The first-order valence-corrected chi connectivity index (χ1v) is 12.0. The zero-order chi connectivity index (χ0) is 21.8. The molecule has 4 aliphatic rings. The smallest absolute Gasteiger partial charge is 0.314 e. The normalized spacial score (nSPS) is 41.4. The van der Waals surface area contributed by atoms with Gasteiger partial charge in [-0.25, -0.2) is 0 Å². The summed E-state index contributed by atoms with van der Waals surface area (Å²) in [6.45, 7) is 4.76. The average molecular weight is 426 g/mol. The molecule has 1 aliphatic heterocycles. The molecule has 0 radical (unpaired) electrons. The Hall–Kier alpha value is -2.04. The van der Waals surface area contributed by atoms with Gasteiger partial charge >= 0.3 is 5.97 Å². The molecule has 1 heterocycles. The molecule has 0 spiro atoms. The molecule has 1 amide bonds. The monoisotopic (exact) mass is 425 g/mol. The molecule has 4 fully saturated rings. The van der Waals surface area contributed by atoms with Crippen molar-refractivity contribution in [3.63, 3.8) is 0 Å². The van der Waals surface area contributed by atoms with Crippen LogP contribution in [-0.4, -0.2) is 25.0 Å². The number of rotatable bonds is 3. The summed E-state index contributed by atoms with van der Waals surface area (Å²) in [7, 11) is 1.62. The van der Waals surface area contributed by atoms with Gasteiger partial charge < -0.3 is 14.8 Å². The Labute approximate surface area is 185 Å². The van der Waals surface area contributed by atoms with Gasteiger partial charge in [0, 0.05) is 18.5 Å². The Morgan fingerprint density at radius 2 is 1.77 bits per heavy atom. The summed E-state index contributed by atoms with van der Waals surface area (Å²) in [4.78, 5) is 25.2. The molecule has 7 atom stereocenters. The van der Waals surface area contributed by atoms with Crippen molar-refractivity contribution in [3.8, 4) is 11.5 Å². The number of nitrogens with one attached hydrogen (secondary N) is 1. The number of amides is 1. The Balaban J connectivity index is 1.34. The number of benzene rings is 1. The number of fused-ring (bicyclic) bond motifs is 5. The van der Waals surface area contributed by atoms with Crippen LogP contribution in [0, 0.1) is 34.5 Å². The lowest BCUT2D eigenvalue weighted by atomic mass is 9.47. The summed E-state index contributed by atoms with van der Waals surface area (Å²) in [5.41, 5.74) is 0.218. The number of carbonyl (C=O) groups is 2. The highest BCUT2D eigenvalue weighted by Crippen LogP contribution is 2.65. The summed E-state index contributed by atoms with van der Waals surface area (Å²) < 4.78 is 11.1. The minimum atomic E-state index is -0.0819. The number of piperidine rings is 1. The Bertz CT molecular complexity index is 884. The second-order valence-corrected chi connectivity index (χ2v) is 10.9. The van der Waals surface area contributed by atoms with Crippen LogP contribution < -0.4 is 14.8 Å². The van der Waals surface area contributed by atoms with Gasteiger partial charge in [0.25, 0.3) is 0 Å². The number of esters is 1. The second-order valence-electron chi connectivity index (χ2n) is 10.9. The molecule has 5 nitrogen and oxygen atoms in total. The summed E-state index contributed by atoms with van der Waals surface area (Å²) in [5, 5.41) is 3.30. The molecular formula is C26H35NO4. The third kappa shape index (κ3) is 3.27. The minimum Gasteiger partial charge on any atom is -0.497 e. The quantitative estimate of drug-likeness (QED) is 0.561. The van der Waals surface area contributed by atoms with Gasteiger partial charge in [0.1, 0.15) is 11.5 Å². The van der Waals surface area contributed by atoms with Gasteiger partial charge in [0.2, 0.25) is 5.91 Å². The highest BCUT2D eigenvalue weighted by molar-refractivity contribution is 5.78. The van der Waals surface area contributed by atoms with E-state index in [1.807, 2.05) is 18.2 Å². The fourth-order valence-corrected chi connectivity index (χ4v) is 7.94. The molecule has 0 aromatic heterocycles. The van der Waals surface area contributed by atoms with Gasteiger partial charge in [-0.1, -0.05) is 19.9 Å². The van der Waals surface area contributed by atoms with E-state index in [2.05, 4.69) is 19.2 Å². The first-order valence-electron chi connectivity index (χ1n) is 12.0. The van der Waals surface area contributed by atoms with Gasteiger partial charge in [-0.3, -0.25) is 9.59 Å². The van der Waals surface area contributed by atoms with E-state index in [1.165, 1.54) is 6.42 Å². The highest BCUT2D eigenvalue weighted by atomic mass is 16.5. The van der Waals surface area contributed by atoms with Crippen molar-refractivity contribution in [3.05, 3.63) is 24.3 Å². The van der Waals surface area contributed by atoms with Crippen molar-refractivity contribution >= 4 is 11.9 Å². The van der Waals surface area contributed by atoms with Crippen LogP contribution in [0.3, 0.4) is 0 Å². The lowest BCUT2D eigenvalue weighted by Gasteiger charge is -2.60. The molecule has 3 aliphatic carbocycles. The summed E-state index contributed by atoms with van der Waals surface area (Å²) in [5.74, 6) is 3.25. The maximum Gasteiger partial charge on any atom is 0.314 e. The molecule has 0 bridgehead atoms. The number of carbonyl (C=O) groups excluding carboxylic acids is 2. The molecule has 1 aromatic rings. The zero-order valence-electron chi connectivity index (χ0n) is 19.0. The van der Waals surface area contributed by atoms with Crippen LogP contribution in [0.1, 0.15) is 65.2 Å². The van der Waals surface area contributed by atoms with E-state index in [1.54, 1.807) is 13.2 Å². The molecular weight excluding hydrogens is 390 g/mol. The Kier molecular flexibility index (Phi) is 5.06. The van der Waals surface area contributed by atoms with Crippen LogP contribution in [0.25, 0.3) is 0 Å². The largest absolute Gasteiger partial charge is 0.497 e. The van der Waals surface area contributed by atoms with Gasteiger partial charge in [-0.15, -0.1) is 0 Å². The van der Waals surface area contributed by atoms with Crippen LogP contribution in [0.15, 0.2) is 24.3 Å². The number of methoxy groups -OCH3 is 1. The Morgan fingerprint density at radius 3 is 2.58 bits per heavy atom. The maximum atomic E-state index is 13.3. The van der Waals surface area contributed by atoms with Crippen LogP contribution in [-0.2, 0) is 9.59 Å². The third-order valence-corrected chi connectivity index (χ3v) is 9.64. The highest BCUT2D eigenvalue weighted by Gasteiger charge is 2.61. The first kappa shape index (κ1) is 20.8. The molecule has 168 valence electrons. The fraction of sp³-hybridized carbons (Fsp3) is 0.692. The SMILES string of the molecule is COc1cccc(OC(=O)[C@H]2CC[C@H]3[C@@H]4CC[C@H]5NC(=O)CC[C@]5(C)[C@H]4CC[C@]23C)c1. The standard InChI is InChI=1S/C26H35NO4/c1-25-13-11-20-18(7-10-22-26(20,2)14-12-23(28)27-22)19(25)8-9-21(25)24(29)31-17-6-4-5-16(15-17)30-3/h4-6,15,18-22H,7-14H2,1-3H3,(H,27,28)/t18-,19-,20-,21+,22+,25-,26+/m0/s1. The summed E-state index contributed by atoms with van der Waals surface area (Å²) >= 11 is 0. The van der Waals surface area contributed by atoms with Crippen LogP contribution in [0.5, 0.6) is 11.5 Å². The van der Waals surface area contributed by atoms with Gasteiger partial charge in [-0.2, -0.15) is 0 Å². The van der Waals surface area contributed by atoms with Gasteiger partial charge in [0.05, 0.1) is 13.0 Å². The molecule has 3 saturated carbocycles. The first-order chi connectivity index (χ1) is 14.8. The summed E-state index contributed by atoms with van der Waals surface area (Å²) in [6, 6.07) is 7.65. The van der Waals surface area contributed by atoms with E-state index in [4.69, 9.17) is 9.47 Å². The zero-order valence-corrected chi connectivity index (χ0v) is 19.0. The van der Waals surface area contributed by atoms with E-state index in [9.17, 15) is 9.59 Å². The average Bonchev–Trinajstić information content (AvgIpc) is 3.11. The maximum absolute atomic E-state index is 13.3. The molecule has 31 heavy (non-hydrogen) atoms. The van der Waals surface area contributed by atoms with Crippen molar-refractivity contribution in [2.45, 2.75) is 71.3 Å². The van der Waals surface area contributed by atoms with Crippen LogP contribution in [0.2, 0.25) is 0 Å². The second kappa shape index (κ2) is 7.53. The Morgan fingerprint density at radius 1 is 1.00 bits per heavy atom. The van der Waals surface area contributed by atoms with Crippen LogP contribution >= 0.6 is 0 Å². The predicted octanol–water partition coefficient (Wildman–Crippen LogP) is 4.74. The van der Waals surface area contributed by atoms with E-state index in [0.717, 1.165) is 38.5 Å². The topological polar surface area (TPSA) is 64.6 Å². The van der Waals surface area contributed by atoms with Gasteiger partial charge in [-0.05, 0) is 85.7 Å². The minimum absolute atomic E-state index is 0.0121. The molecule has 1 saturated heterocycles. The molecule has 1 N–H and O–H groups in total. The van der Waals surface area contributed by atoms with Crippen LogP contribution in [0.4, 0.5) is 0 Å². The van der Waals surface area contributed by atoms with E-state index in [0.29, 0.717) is 41.7 Å². The number of ether oxygens (including phenoxy) is 2. The van der Waals surface area contributed by atoms with Crippen molar-refractivity contribution < 1.29 is 19.1 Å². The lowest BCUT2D eigenvalue weighted by Crippen LogP contribution is -2.61. The number of hydrogen-bond acceptors (Lipinski definition) is 4. The third-order valence-electron chi connectivity index (χ3n) is 9.64. The predicted molar refractivity (Wildman–Crippen MR) is 118 cm³/mol. The van der Waals surface area contributed by atoms with E-state index in [-0.39, 0.29) is 28.6 Å².